The molecule has 8 nitrogen and oxygen atoms in total. The normalized spacial score (nSPS) is 20.4. The molecular formula is C19H15Cl2N5O3. The molecule has 10 heteroatoms. The van der Waals surface area contributed by atoms with Crippen LogP contribution in [0.25, 0.3) is 0 Å². The van der Waals surface area contributed by atoms with Crippen molar-refractivity contribution in [2.24, 2.45) is 10.3 Å². The predicted molar refractivity (Wildman–Crippen MR) is 108 cm³/mol. The van der Waals surface area contributed by atoms with E-state index in [1.54, 1.807) is 36.4 Å². The van der Waals surface area contributed by atoms with Crippen molar-refractivity contribution >= 4 is 52.3 Å². The molecule has 2 aromatic rings. The summed E-state index contributed by atoms with van der Waals surface area (Å²) in [5.74, 6) is -1.41. The van der Waals surface area contributed by atoms with E-state index in [1.165, 1.54) is 5.01 Å². The second-order valence-corrected chi connectivity index (χ2v) is 7.56. The van der Waals surface area contributed by atoms with Crippen molar-refractivity contribution in [1.82, 2.24) is 5.01 Å². The molecule has 2 aliphatic heterocycles. The fraction of sp³-hybridized carbons (Fsp3) is 0.211. The number of benzene rings is 2. The summed E-state index contributed by atoms with van der Waals surface area (Å²) in [6, 6.07) is 9.62. The minimum absolute atomic E-state index is 0.248. The number of carbonyl (C=O) groups excluding carboxylic acids is 3. The van der Waals surface area contributed by atoms with E-state index in [0.717, 1.165) is 10.5 Å². The number of rotatable bonds is 4. The van der Waals surface area contributed by atoms with Crippen molar-refractivity contribution in [2.75, 3.05) is 16.8 Å². The van der Waals surface area contributed by atoms with Gasteiger partial charge in [-0.2, -0.15) is 5.11 Å². The van der Waals surface area contributed by atoms with Crippen molar-refractivity contribution in [3.8, 4) is 0 Å². The standard InChI is InChI=1S/C19H15Cl2N5O3/c1-10-2-7-14(13(21)8-10)22-15(27)9-25-17-16(23-24-25)18(28)26(19(17)29)12-5-3-11(20)4-6-12/h2-8,16-17H,9H2,1H3,(H,22,27)/t16-,17-/m1/s1. The monoisotopic (exact) mass is 431 g/mol. The van der Waals surface area contributed by atoms with Gasteiger partial charge in [-0.1, -0.05) is 34.5 Å². The zero-order chi connectivity index (χ0) is 20.7. The first-order valence-corrected chi connectivity index (χ1v) is 9.47. The quantitative estimate of drug-likeness (QED) is 0.751. The maximum Gasteiger partial charge on any atom is 0.263 e. The van der Waals surface area contributed by atoms with E-state index in [0.29, 0.717) is 21.4 Å². The third kappa shape index (κ3) is 3.56. The second kappa shape index (κ2) is 7.46. The first-order valence-electron chi connectivity index (χ1n) is 8.72. The van der Waals surface area contributed by atoms with E-state index in [2.05, 4.69) is 15.7 Å². The van der Waals surface area contributed by atoms with Crippen LogP contribution in [-0.4, -0.2) is 41.4 Å². The molecule has 1 saturated heterocycles. The number of imide groups is 1. The highest BCUT2D eigenvalue weighted by Crippen LogP contribution is 2.32. The van der Waals surface area contributed by atoms with Crippen LogP contribution in [-0.2, 0) is 14.4 Å². The maximum atomic E-state index is 12.9. The Balaban J connectivity index is 1.49. The fourth-order valence-electron chi connectivity index (χ4n) is 3.26. The first-order chi connectivity index (χ1) is 13.8. The van der Waals surface area contributed by atoms with Crippen molar-refractivity contribution in [1.29, 1.82) is 0 Å². The Morgan fingerprint density at radius 1 is 1.10 bits per heavy atom. The summed E-state index contributed by atoms with van der Waals surface area (Å²) in [6.45, 7) is 1.64. The number of halogens is 2. The molecule has 2 atom stereocenters. The number of fused-ring (bicyclic) bond motifs is 1. The average Bonchev–Trinajstić information content (AvgIpc) is 3.19. The molecule has 4 rings (SSSR count). The molecule has 0 spiro atoms. The van der Waals surface area contributed by atoms with Gasteiger partial charge < -0.3 is 5.32 Å². The van der Waals surface area contributed by atoms with Crippen LogP contribution in [0.3, 0.4) is 0 Å². The number of amides is 3. The Bertz CT molecular complexity index is 1040. The molecule has 0 aliphatic carbocycles. The Morgan fingerprint density at radius 2 is 1.83 bits per heavy atom. The van der Waals surface area contributed by atoms with Gasteiger partial charge in [-0.25, -0.2) is 4.90 Å². The van der Waals surface area contributed by atoms with Gasteiger partial charge in [0.1, 0.15) is 6.54 Å². The van der Waals surface area contributed by atoms with Crippen LogP contribution >= 0.6 is 23.2 Å². The van der Waals surface area contributed by atoms with Crippen LogP contribution in [0.4, 0.5) is 11.4 Å². The molecule has 2 aromatic carbocycles. The van der Waals surface area contributed by atoms with Gasteiger partial charge in [0.2, 0.25) is 5.91 Å². The Labute approximate surface area is 176 Å². The lowest BCUT2D eigenvalue weighted by Crippen LogP contribution is -2.43. The lowest BCUT2D eigenvalue weighted by Gasteiger charge is -2.20. The molecule has 0 aromatic heterocycles. The van der Waals surface area contributed by atoms with Gasteiger partial charge in [0.25, 0.3) is 11.8 Å². The minimum atomic E-state index is -0.978. The summed E-state index contributed by atoms with van der Waals surface area (Å²) >= 11 is 12.0. The third-order valence-electron chi connectivity index (χ3n) is 4.65. The molecule has 0 saturated carbocycles. The lowest BCUT2D eigenvalue weighted by molar-refractivity contribution is -0.123. The Kier molecular flexibility index (Phi) is 4.97. The van der Waals surface area contributed by atoms with Gasteiger partial charge in [0.15, 0.2) is 12.1 Å². The van der Waals surface area contributed by atoms with Gasteiger partial charge in [0.05, 0.1) is 16.4 Å². The van der Waals surface area contributed by atoms with Gasteiger partial charge in [-0.15, -0.1) is 0 Å². The highest BCUT2D eigenvalue weighted by atomic mass is 35.5. The molecule has 1 fully saturated rings. The summed E-state index contributed by atoms with van der Waals surface area (Å²) < 4.78 is 0. The number of hydrogen-bond acceptors (Lipinski definition) is 6. The van der Waals surface area contributed by atoms with E-state index in [4.69, 9.17) is 23.2 Å². The summed E-state index contributed by atoms with van der Waals surface area (Å²) in [7, 11) is 0. The molecule has 148 valence electrons. The van der Waals surface area contributed by atoms with Crippen molar-refractivity contribution < 1.29 is 14.4 Å². The van der Waals surface area contributed by atoms with E-state index >= 15 is 0 Å². The smallest absolute Gasteiger partial charge is 0.263 e. The average molecular weight is 432 g/mol. The fourth-order valence-corrected chi connectivity index (χ4v) is 3.67. The minimum Gasteiger partial charge on any atom is -0.323 e. The van der Waals surface area contributed by atoms with Gasteiger partial charge in [-0.3, -0.25) is 19.4 Å². The van der Waals surface area contributed by atoms with E-state index in [-0.39, 0.29) is 6.54 Å². The highest BCUT2D eigenvalue weighted by molar-refractivity contribution is 6.33. The second-order valence-electron chi connectivity index (χ2n) is 6.71. The molecule has 0 radical (unpaired) electrons. The van der Waals surface area contributed by atoms with Crippen molar-refractivity contribution in [3.63, 3.8) is 0 Å². The number of hydrogen-bond donors (Lipinski definition) is 1. The Morgan fingerprint density at radius 3 is 2.52 bits per heavy atom. The third-order valence-corrected chi connectivity index (χ3v) is 5.21. The molecule has 29 heavy (non-hydrogen) atoms. The first kappa shape index (κ1) is 19.4. The summed E-state index contributed by atoms with van der Waals surface area (Å²) in [5.41, 5.74) is 1.80. The van der Waals surface area contributed by atoms with Crippen molar-refractivity contribution in [2.45, 2.75) is 19.0 Å². The van der Waals surface area contributed by atoms with E-state index < -0.39 is 29.8 Å². The number of anilines is 2. The maximum absolute atomic E-state index is 12.9. The number of nitrogens with one attached hydrogen (secondary N) is 1. The zero-order valence-corrected chi connectivity index (χ0v) is 16.7. The topological polar surface area (TPSA) is 94.4 Å². The molecular weight excluding hydrogens is 417 g/mol. The van der Waals surface area contributed by atoms with Gasteiger partial charge >= 0.3 is 0 Å². The van der Waals surface area contributed by atoms with Crippen LogP contribution in [0.1, 0.15) is 5.56 Å². The molecule has 0 bridgehead atoms. The largest absolute Gasteiger partial charge is 0.323 e. The van der Waals surface area contributed by atoms with E-state index in [1.807, 2.05) is 13.0 Å². The molecule has 2 heterocycles. The number of aryl methyl sites for hydroxylation is 1. The van der Waals surface area contributed by atoms with Crippen molar-refractivity contribution in [3.05, 3.63) is 58.1 Å². The van der Waals surface area contributed by atoms with Crippen LogP contribution in [0.5, 0.6) is 0 Å². The summed E-state index contributed by atoms with van der Waals surface area (Å²) in [5, 5.41) is 12.5. The van der Waals surface area contributed by atoms with E-state index in [9.17, 15) is 14.4 Å². The lowest BCUT2D eigenvalue weighted by atomic mass is 10.1. The number of carbonyl (C=O) groups is 3. The van der Waals surface area contributed by atoms with Crippen LogP contribution in [0, 0.1) is 6.92 Å². The van der Waals surface area contributed by atoms with Crippen LogP contribution in [0.2, 0.25) is 10.0 Å². The summed E-state index contributed by atoms with van der Waals surface area (Å²) in [6.07, 6.45) is 0. The highest BCUT2D eigenvalue weighted by Gasteiger charge is 2.55. The Hall–Kier alpha value is -2.97. The molecule has 2 aliphatic rings. The molecule has 0 unspecified atom stereocenters. The predicted octanol–water partition coefficient (Wildman–Crippen LogP) is 3.23. The van der Waals surface area contributed by atoms with Crippen LogP contribution < -0.4 is 10.2 Å². The van der Waals surface area contributed by atoms with Gasteiger partial charge in [0, 0.05) is 5.02 Å². The summed E-state index contributed by atoms with van der Waals surface area (Å²) in [4.78, 5) is 39.0. The van der Waals surface area contributed by atoms with Crippen LogP contribution in [0.15, 0.2) is 52.8 Å². The SMILES string of the molecule is Cc1ccc(NC(=O)CN2N=N[C@H]3C(=O)N(c4ccc(Cl)cc4)C(=O)[C@@H]32)c(Cl)c1. The molecule has 3 amide bonds. The zero-order valence-electron chi connectivity index (χ0n) is 15.2. The van der Waals surface area contributed by atoms with Gasteiger partial charge in [-0.05, 0) is 48.9 Å². The molecule has 1 N–H and O–H groups in total. The number of nitrogens with zero attached hydrogens (tertiary/aromatic N) is 4.